The van der Waals surface area contributed by atoms with Crippen LogP contribution in [0.1, 0.15) is 13.8 Å². The zero-order valence-corrected chi connectivity index (χ0v) is 8.54. The summed E-state index contributed by atoms with van der Waals surface area (Å²) in [5.74, 6) is 0. The lowest BCUT2D eigenvalue weighted by Crippen LogP contribution is -2.36. The second-order valence-electron chi connectivity index (χ2n) is 3.53. The molecule has 0 saturated heterocycles. The van der Waals surface area contributed by atoms with E-state index in [2.05, 4.69) is 29.7 Å². The van der Waals surface area contributed by atoms with E-state index in [1.807, 2.05) is 14.1 Å². The summed E-state index contributed by atoms with van der Waals surface area (Å²) in [6.07, 6.45) is 0. The molecule has 0 aromatic rings. The maximum absolute atomic E-state index is 8.55. The molecule has 0 aromatic heterocycles. The average Bonchev–Trinajstić information content (AvgIpc) is 1.96. The second-order valence-corrected chi connectivity index (χ2v) is 3.53. The molecule has 0 aliphatic carbocycles. The number of rotatable bonds is 5. The van der Waals surface area contributed by atoms with E-state index in [1.54, 1.807) is 0 Å². The van der Waals surface area contributed by atoms with E-state index in [1.165, 1.54) is 0 Å². The van der Waals surface area contributed by atoms with Crippen molar-refractivity contribution >= 4 is 0 Å². The van der Waals surface area contributed by atoms with E-state index >= 15 is 0 Å². The van der Waals surface area contributed by atoms with Gasteiger partial charge in [-0.05, 0) is 27.9 Å². The van der Waals surface area contributed by atoms with Crippen LogP contribution in [0.2, 0.25) is 0 Å². The molecule has 3 heteroatoms. The molecule has 0 N–H and O–H groups in total. The predicted molar refractivity (Wildman–Crippen MR) is 50.9 cm³/mol. The van der Waals surface area contributed by atoms with Crippen molar-refractivity contribution in [3.63, 3.8) is 0 Å². The van der Waals surface area contributed by atoms with Gasteiger partial charge in [-0.25, -0.2) is 0 Å². The van der Waals surface area contributed by atoms with Crippen LogP contribution in [-0.4, -0.2) is 49.6 Å². The molecule has 0 radical (unpaired) electrons. The Kier molecular flexibility index (Phi) is 5.69. The summed E-state index contributed by atoms with van der Waals surface area (Å²) >= 11 is 0. The molecule has 0 atom stereocenters. The number of hydrogen-bond acceptors (Lipinski definition) is 3. The summed E-state index contributed by atoms with van der Waals surface area (Å²) in [7, 11) is 4.09. The molecule has 3 nitrogen and oxygen atoms in total. The molecule has 0 aromatic carbocycles. The molecule has 12 heavy (non-hydrogen) atoms. The van der Waals surface area contributed by atoms with Crippen LogP contribution < -0.4 is 0 Å². The minimum atomic E-state index is 0.463. The molecular weight excluding hydrogens is 150 g/mol. The third kappa shape index (κ3) is 5.11. The fourth-order valence-corrected chi connectivity index (χ4v) is 0.939. The summed E-state index contributed by atoms with van der Waals surface area (Å²) in [6, 6.07) is 2.64. The quantitative estimate of drug-likeness (QED) is 0.570. The summed E-state index contributed by atoms with van der Waals surface area (Å²) in [4.78, 5) is 4.30. The highest BCUT2D eigenvalue weighted by Crippen LogP contribution is 1.96. The van der Waals surface area contributed by atoms with Crippen molar-refractivity contribution in [1.29, 1.82) is 5.26 Å². The van der Waals surface area contributed by atoms with Gasteiger partial charge in [0.1, 0.15) is 0 Å². The minimum Gasteiger partial charge on any atom is -0.308 e. The number of nitrogens with zero attached hydrogens (tertiary/aromatic N) is 3. The van der Waals surface area contributed by atoms with E-state index < -0.39 is 0 Å². The van der Waals surface area contributed by atoms with Gasteiger partial charge in [0, 0.05) is 19.1 Å². The van der Waals surface area contributed by atoms with Gasteiger partial charge < -0.3 is 4.90 Å². The normalized spacial score (nSPS) is 11.2. The molecule has 0 heterocycles. The van der Waals surface area contributed by atoms with Crippen molar-refractivity contribution < 1.29 is 0 Å². The lowest BCUT2D eigenvalue weighted by molar-refractivity contribution is 0.221. The number of nitriles is 1. The Balaban J connectivity index is 3.73. The van der Waals surface area contributed by atoms with Crippen molar-refractivity contribution in [2.75, 3.05) is 33.7 Å². The van der Waals surface area contributed by atoms with E-state index in [-0.39, 0.29) is 0 Å². The van der Waals surface area contributed by atoms with E-state index in [9.17, 15) is 0 Å². The lowest BCUT2D eigenvalue weighted by Gasteiger charge is -2.24. The Morgan fingerprint density at radius 1 is 1.25 bits per heavy atom. The van der Waals surface area contributed by atoms with Crippen LogP contribution in [0.4, 0.5) is 0 Å². The Morgan fingerprint density at radius 2 is 1.83 bits per heavy atom. The molecule has 0 aliphatic rings. The number of likely N-dealkylation sites (N-methyl/N-ethyl adjacent to an activating group) is 1. The van der Waals surface area contributed by atoms with Crippen molar-refractivity contribution in [1.82, 2.24) is 9.80 Å². The zero-order chi connectivity index (χ0) is 9.56. The summed E-state index contributed by atoms with van der Waals surface area (Å²) in [5.41, 5.74) is 0. The van der Waals surface area contributed by atoms with Crippen molar-refractivity contribution in [3.8, 4) is 6.07 Å². The Morgan fingerprint density at radius 3 is 2.17 bits per heavy atom. The van der Waals surface area contributed by atoms with Gasteiger partial charge in [-0.1, -0.05) is 0 Å². The van der Waals surface area contributed by atoms with Crippen LogP contribution >= 0.6 is 0 Å². The molecule has 0 bridgehead atoms. The minimum absolute atomic E-state index is 0.463. The van der Waals surface area contributed by atoms with Crippen molar-refractivity contribution in [2.45, 2.75) is 19.9 Å². The Hall–Kier alpha value is -0.590. The Labute approximate surface area is 75.6 Å². The van der Waals surface area contributed by atoms with Gasteiger partial charge in [0.2, 0.25) is 0 Å². The van der Waals surface area contributed by atoms with Crippen LogP contribution in [-0.2, 0) is 0 Å². The van der Waals surface area contributed by atoms with Gasteiger partial charge >= 0.3 is 0 Å². The molecule has 0 rings (SSSR count). The van der Waals surface area contributed by atoms with Gasteiger partial charge in [-0.15, -0.1) is 0 Å². The van der Waals surface area contributed by atoms with E-state index in [4.69, 9.17) is 5.26 Å². The van der Waals surface area contributed by atoms with Crippen LogP contribution in [0, 0.1) is 11.3 Å². The predicted octanol–water partition coefficient (Wildman–Crippen LogP) is 0.782. The largest absolute Gasteiger partial charge is 0.308 e. The van der Waals surface area contributed by atoms with Gasteiger partial charge in [0.25, 0.3) is 0 Å². The number of hydrogen-bond donors (Lipinski definition) is 0. The first-order chi connectivity index (χ1) is 5.57. The van der Waals surface area contributed by atoms with Crippen molar-refractivity contribution in [2.24, 2.45) is 0 Å². The summed E-state index contributed by atoms with van der Waals surface area (Å²) < 4.78 is 0. The van der Waals surface area contributed by atoms with Crippen LogP contribution in [0.15, 0.2) is 0 Å². The molecule has 0 unspecified atom stereocenters. The van der Waals surface area contributed by atoms with Crippen LogP contribution in [0.3, 0.4) is 0 Å². The first-order valence-corrected chi connectivity index (χ1v) is 4.33. The van der Waals surface area contributed by atoms with Crippen molar-refractivity contribution in [3.05, 3.63) is 0 Å². The highest BCUT2D eigenvalue weighted by atomic mass is 15.2. The van der Waals surface area contributed by atoms with Gasteiger partial charge in [0.15, 0.2) is 0 Å². The average molecular weight is 169 g/mol. The fraction of sp³-hybridized carbons (Fsp3) is 0.889. The summed E-state index contributed by atoms with van der Waals surface area (Å²) in [6.45, 7) is 6.75. The monoisotopic (exact) mass is 169 g/mol. The Bertz CT molecular complexity index is 146. The fourth-order valence-electron chi connectivity index (χ4n) is 0.939. The SMILES string of the molecule is CC(C)N(CC#N)CCN(C)C. The first-order valence-electron chi connectivity index (χ1n) is 4.33. The summed E-state index contributed by atoms with van der Waals surface area (Å²) in [5, 5.41) is 8.55. The first kappa shape index (κ1) is 11.4. The molecule has 0 fully saturated rings. The zero-order valence-electron chi connectivity index (χ0n) is 8.54. The molecule has 0 spiro atoms. The molecule has 0 amide bonds. The third-order valence-corrected chi connectivity index (χ3v) is 1.84. The molecule has 0 aliphatic heterocycles. The third-order valence-electron chi connectivity index (χ3n) is 1.84. The maximum atomic E-state index is 8.55. The molecule has 70 valence electrons. The van der Waals surface area contributed by atoms with Crippen LogP contribution in [0.25, 0.3) is 0 Å². The van der Waals surface area contributed by atoms with Gasteiger partial charge in [-0.3, -0.25) is 4.90 Å². The van der Waals surface area contributed by atoms with E-state index in [0.29, 0.717) is 12.6 Å². The molecule has 0 saturated carbocycles. The van der Waals surface area contributed by atoms with Crippen LogP contribution in [0.5, 0.6) is 0 Å². The standard InChI is InChI=1S/C9H19N3/c1-9(2)12(6-5-10)8-7-11(3)4/h9H,6-8H2,1-4H3. The smallest absolute Gasteiger partial charge is 0.0868 e. The lowest BCUT2D eigenvalue weighted by atomic mass is 10.3. The van der Waals surface area contributed by atoms with Gasteiger partial charge in [0.05, 0.1) is 12.6 Å². The van der Waals surface area contributed by atoms with Gasteiger partial charge in [-0.2, -0.15) is 5.26 Å². The maximum Gasteiger partial charge on any atom is 0.0868 e. The second kappa shape index (κ2) is 5.99. The molecular formula is C9H19N3. The highest BCUT2D eigenvalue weighted by molar-refractivity contribution is 4.78. The highest BCUT2D eigenvalue weighted by Gasteiger charge is 2.07. The topological polar surface area (TPSA) is 30.3 Å². The van der Waals surface area contributed by atoms with E-state index in [0.717, 1.165) is 13.1 Å².